The molecule has 0 aliphatic carbocycles. The summed E-state index contributed by atoms with van der Waals surface area (Å²) in [7, 11) is 0. The zero-order valence-corrected chi connectivity index (χ0v) is 23.6. The number of piperidine rings is 1. The molecule has 0 bridgehead atoms. The van der Waals surface area contributed by atoms with Crippen LogP contribution in [0, 0.1) is 6.92 Å². The zero-order chi connectivity index (χ0) is 27.3. The smallest absolute Gasteiger partial charge is 0.228 e. The first-order chi connectivity index (χ1) is 19.7. The monoisotopic (exact) mass is 551 g/mol. The Morgan fingerprint density at radius 2 is 1.98 bits per heavy atom. The summed E-state index contributed by atoms with van der Waals surface area (Å²) >= 11 is 1.71. The molecule has 204 valence electrons. The Morgan fingerprint density at radius 3 is 2.83 bits per heavy atom. The van der Waals surface area contributed by atoms with E-state index >= 15 is 0 Å². The van der Waals surface area contributed by atoms with Crippen LogP contribution in [0.2, 0.25) is 0 Å². The Labute approximate surface area is 238 Å². The second-order valence-corrected chi connectivity index (χ2v) is 10.9. The van der Waals surface area contributed by atoms with Crippen LogP contribution in [0.3, 0.4) is 0 Å². The Bertz CT molecular complexity index is 1610. The number of hydrogen-bond acceptors (Lipinski definition) is 9. The minimum atomic E-state index is 0.318. The topological polar surface area (TPSA) is 96.9 Å². The first-order valence-electron chi connectivity index (χ1n) is 13.8. The lowest BCUT2D eigenvalue weighted by Crippen LogP contribution is -2.38. The Hall–Kier alpha value is -4.08. The zero-order valence-electron chi connectivity index (χ0n) is 22.8. The van der Waals surface area contributed by atoms with Crippen LogP contribution in [0.4, 0.5) is 11.6 Å². The number of ether oxygens (including phenoxy) is 1. The van der Waals surface area contributed by atoms with Crippen molar-refractivity contribution >= 4 is 33.7 Å². The van der Waals surface area contributed by atoms with E-state index < -0.39 is 0 Å². The normalized spacial score (nSPS) is 15.2. The number of anilines is 2. The van der Waals surface area contributed by atoms with E-state index in [9.17, 15) is 0 Å². The molecule has 9 heteroatoms. The van der Waals surface area contributed by atoms with Crippen LogP contribution in [0.25, 0.3) is 22.0 Å². The van der Waals surface area contributed by atoms with Crippen LogP contribution < -0.4 is 20.7 Å². The van der Waals surface area contributed by atoms with E-state index in [0.29, 0.717) is 24.4 Å². The van der Waals surface area contributed by atoms with Crippen molar-refractivity contribution in [2.24, 2.45) is 0 Å². The van der Waals surface area contributed by atoms with Gasteiger partial charge < -0.3 is 20.7 Å². The molecule has 40 heavy (non-hydrogen) atoms. The van der Waals surface area contributed by atoms with Gasteiger partial charge in [0.1, 0.15) is 5.75 Å². The molecule has 2 aromatic carbocycles. The van der Waals surface area contributed by atoms with Gasteiger partial charge in [-0.15, -0.1) is 11.3 Å². The van der Waals surface area contributed by atoms with Crippen LogP contribution >= 0.6 is 11.3 Å². The minimum Gasteiger partial charge on any atom is -0.437 e. The second-order valence-electron chi connectivity index (χ2n) is 9.96. The third kappa shape index (κ3) is 5.76. The van der Waals surface area contributed by atoms with Crippen molar-refractivity contribution in [3.8, 4) is 22.9 Å². The van der Waals surface area contributed by atoms with Crippen molar-refractivity contribution in [1.29, 1.82) is 0 Å². The van der Waals surface area contributed by atoms with Crippen molar-refractivity contribution in [3.63, 3.8) is 0 Å². The molecule has 1 fully saturated rings. The first-order valence-corrected chi connectivity index (χ1v) is 14.7. The van der Waals surface area contributed by atoms with Crippen LogP contribution in [-0.4, -0.2) is 39.1 Å². The maximum absolute atomic E-state index is 6.59. The van der Waals surface area contributed by atoms with Gasteiger partial charge in [0.15, 0.2) is 0 Å². The van der Waals surface area contributed by atoms with Gasteiger partial charge in [0, 0.05) is 46.8 Å². The second kappa shape index (κ2) is 12.0. The number of fused-ring (bicyclic) bond motifs is 1. The summed E-state index contributed by atoms with van der Waals surface area (Å²) in [5.74, 6) is 1.91. The fourth-order valence-electron chi connectivity index (χ4n) is 5.01. The number of nitrogens with zero attached hydrogens (tertiary/aromatic N) is 4. The number of rotatable bonds is 9. The molecule has 1 saturated heterocycles. The number of nitrogens with one attached hydrogen (secondary N) is 3. The van der Waals surface area contributed by atoms with Crippen molar-refractivity contribution in [2.75, 3.05) is 23.7 Å². The van der Waals surface area contributed by atoms with Crippen LogP contribution in [0.15, 0.2) is 66.3 Å². The van der Waals surface area contributed by atoms with E-state index in [-0.39, 0.29) is 0 Å². The van der Waals surface area contributed by atoms with Gasteiger partial charge in [-0.1, -0.05) is 31.2 Å². The van der Waals surface area contributed by atoms with Gasteiger partial charge in [-0.05, 0) is 62.6 Å². The summed E-state index contributed by atoms with van der Waals surface area (Å²) < 4.78 is 6.59. The molecule has 0 saturated carbocycles. The molecule has 3 N–H and O–H groups in total. The number of pyridine rings is 1. The van der Waals surface area contributed by atoms with Gasteiger partial charge in [-0.3, -0.25) is 0 Å². The van der Waals surface area contributed by atoms with E-state index in [0.717, 1.165) is 82.1 Å². The average molecular weight is 552 g/mol. The molecule has 0 spiro atoms. The molecular weight excluding hydrogens is 518 g/mol. The number of hydrogen-bond donors (Lipinski definition) is 3. The summed E-state index contributed by atoms with van der Waals surface area (Å²) in [6, 6.07) is 16.6. The molecule has 3 aromatic heterocycles. The van der Waals surface area contributed by atoms with E-state index in [2.05, 4.69) is 75.5 Å². The molecule has 1 aliphatic rings. The average Bonchev–Trinajstić information content (AvgIpc) is 3.46. The third-order valence-electron chi connectivity index (χ3n) is 7.10. The Kier molecular flexibility index (Phi) is 7.83. The molecule has 1 atom stereocenters. The predicted molar refractivity (Wildman–Crippen MR) is 162 cm³/mol. The maximum Gasteiger partial charge on any atom is 0.228 e. The molecule has 0 unspecified atom stereocenters. The van der Waals surface area contributed by atoms with E-state index in [1.54, 1.807) is 23.7 Å². The molecular formula is C31H33N7OS. The largest absolute Gasteiger partial charge is 0.437 e. The number of thiazole rings is 1. The highest BCUT2D eigenvalue weighted by Crippen LogP contribution is 2.38. The summed E-state index contributed by atoms with van der Waals surface area (Å²) in [6.45, 7) is 6.84. The summed E-state index contributed by atoms with van der Waals surface area (Å²) in [5, 5.41) is 15.9. The Morgan fingerprint density at radius 1 is 1.02 bits per heavy atom. The molecule has 4 heterocycles. The predicted octanol–water partition coefficient (Wildman–Crippen LogP) is 6.59. The summed E-state index contributed by atoms with van der Waals surface area (Å²) in [5.41, 5.74) is 4.70. The highest BCUT2D eigenvalue weighted by molar-refractivity contribution is 7.09. The lowest BCUT2D eigenvalue weighted by Gasteiger charge is -2.23. The van der Waals surface area contributed by atoms with Gasteiger partial charge in [0.25, 0.3) is 0 Å². The van der Waals surface area contributed by atoms with Crippen molar-refractivity contribution in [3.05, 3.63) is 82.6 Å². The van der Waals surface area contributed by atoms with Crippen LogP contribution in [0.1, 0.15) is 36.0 Å². The van der Waals surface area contributed by atoms with Crippen molar-refractivity contribution in [1.82, 2.24) is 25.3 Å². The molecule has 8 nitrogen and oxygen atoms in total. The van der Waals surface area contributed by atoms with E-state index in [4.69, 9.17) is 14.7 Å². The van der Waals surface area contributed by atoms with Gasteiger partial charge in [-0.2, -0.15) is 0 Å². The summed E-state index contributed by atoms with van der Waals surface area (Å²) in [4.78, 5) is 18.6. The molecule has 0 radical (unpaired) electrons. The molecule has 1 aliphatic heterocycles. The van der Waals surface area contributed by atoms with Crippen molar-refractivity contribution in [2.45, 2.75) is 45.7 Å². The lowest BCUT2D eigenvalue weighted by atomic mass is 10.0. The maximum atomic E-state index is 6.59. The number of aryl methyl sites for hydroxylation is 2. The highest BCUT2D eigenvalue weighted by atomic mass is 32.1. The molecule has 0 amide bonds. The standard InChI is InChI=1S/C31H33N7OS/c1-3-28-36-22(19-40-28)18-35-26-10-4-8-24-23(26)12-11-20(2)29(24)39-30-25(9-6-15-33-30)27-13-16-34-31(38-27)37-21-7-5-14-32-17-21/h4,6,8-13,15-16,19,21,32,35H,3,5,7,14,17-18H2,1-2H3,(H,34,37,38)/t21-/m0/s1. The van der Waals surface area contributed by atoms with Gasteiger partial charge in [-0.25, -0.2) is 19.9 Å². The van der Waals surface area contributed by atoms with Crippen LogP contribution in [0.5, 0.6) is 11.6 Å². The number of benzene rings is 2. The van der Waals surface area contributed by atoms with E-state index in [1.165, 1.54) is 0 Å². The Balaban J connectivity index is 1.28. The van der Waals surface area contributed by atoms with Gasteiger partial charge >= 0.3 is 0 Å². The molecule has 6 rings (SSSR count). The third-order valence-corrected chi connectivity index (χ3v) is 8.14. The van der Waals surface area contributed by atoms with E-state index in [1.807, 2.05) is 18.2 Å². The van der Waals surface area contributed by atoms with Gasteiger partial charge in [0.2, 0.25) is 11.8 Å². The summed E-state index contributed by atoms with van der Waals surface area (Å²) in [6.07, 6.45) is 6.73. The quantitative estimate of drug-likeness (QED) is 0.189. The lowest BCUT2D eigenvalue weighted by molar-refractivity contribution is 0.466. The number of aromatic nitrogens is 4. The van der Waals surface area contributed by atoms with Crippen LogP contribution in [-0.2, 0) is 13.0 Å². The fraction of sp³-hybridized carbons (Fsp3) is 0.290. The minimum absolute atomic E-state index is 0.318. The van der Waals surface area contributed by atoms with Gasteiger partial charge in [0.05, 0.1) is 28.5 Å². The molecule has 5 aromatic rings. The highest BCUT2D eigenvalue weighted by Gasteiger charge is 2.17. The SMILES string of the molecule is CCc1nc(CNc2cccc3c(Oc4ncccc4-c4ccnc(N[C@H]5CCCNC5)n4)c(C)ccc23)cs1. The first kappa shape index (κ1) is 26.2. The fourth-order valence-corrected chi connectivity index (χ4v) is 5.75. The van der Waals surface area contributed by atoms with Crippen molar-refractivity contribution < 1.29 is 4.74 Å².